The van der Waals surface area contributed by atoms with E-state index in [-0.39, 0.29) is 17.4 Å². The Kier molecular flexibility index (Phi) is 6.72. The van der Waals surface area contributed by atoms with E-state index in [9.17, 15) is 9.18 Å². The minimum atomic E-state index is -0.396. The number of rotatable bonds is 6. The van der Waals surface area contributed by atoms with Crippen LogP contribution in [0.2, 0.25) is 0 Å². The smallest absolute Gasteiger partial charge is 0.251 e. The summed E-state index contributed by atoms with van der Waals surface area (Å²) in [5.41, 5.74) is 8.75. The van der Waals surface area contributed by atoms with Gasteiger partial charge in [-0.25, -0.2) is 4.39 Å². The van der Waals surface area contributed by atoms with Crippen LogP contribution >= 0.6 is 0 Å². The van der Waals surface area contributed by atoms with Crippen LogP contribution in [-0.4, -0.2) is 25.0 Å². The molecule has 26 heavy (non-hydrogen) atoms. The highest BCUT2D eigenvalue weighted by atomic mass is 19.1. The predicted molar refractivity (Wildman–Crippen MR) is 104 cm³/mol. The summed E-state index contributed by atoms with van der Waals surface area (Å²) in [5, 5.41) is 5.73. The number of benzene rings is 2. The third-order valence-electron chi connectivity index (χ3n) is 3.94. The lowest BCUT2D eigenvalue weighted by atomic mass is 10.0. The lowest BCUT2D eigenvalue weighted by Gasteiger charge is -2.10. The van der Waals surface area contributed by atoms with Crippen LogP contribution in [-0.2, 0) is 0 Å². The van der Waals surface area contributed by atoms with Crippen LogP contribution in [0, 0.1) is 12.7 Å². The topological polar surface area (TPSA) is 79.5 Å². The number of nitrogens with zero attached hydrogens (tertiary/aromatic N) is 1. The van der Waals surface area contributed by atoms with Crippen LogP contribution in [0.4, 0.5) is 10.1 Å². The predicted octanol–water partition coefficient (Wildman–Crippen LogP) is 3.41. The molecule has 138 valence electrons. The highest BCUT2D eigenvalue weighted by Crippen LogP contribution is 2.18. The fraction of sp³-hybridized carbons (Fsp3) is 0.300. The van der Waals surface area contributed by atoms with Crippen LogP contribution < -0.4 is 16.4 Å². The molecule has 6 heteroatoms. The minimum absolute atomic E-state index is 0.279. The number of aliphatic imine (C=N–C) groups is 1. The number of carbonyl (C=O) groups is 1. The molecule has 0 unspecified atom stereocenters. The summed E-state index contributed by atoms with van der Waals surface area (Å²) in [5.74, 6) is -0.0266. The Morgan fingerprint density at radius 3 is 2.69 bits per heavy atom. The fourth-order valence-electron chi connectivity index (χ4n) is 2.34. The van der Waals surface area contributed by atoms with Gasteiger partial charge in [-0.05, 0) is 48.2 Å². The van der Waals surface area contributed by atoms with Gasteiger partial charge in [0.25, 0.3) is 5.91 Å². The molecule has 0 aliphatic rings. The third-order valence-corrected chi connectivity index (χ3v) is 3.94. The van der Waals surface area contributed by atoms with Crippen molar-refractivity contribution in [3.05, 3.63) is 65.0 Å². The van der Waals surface area contributed by atoms with Gasteiger partial charge in [0, 0.05) is 17.8 Å². The van der Waals surface area contributed by atoms with Gasteiger partial charge in [-0.3, -0.25) is 9.79 Å². The zero-order chi connectivity index (χ0) is 19.1. The molecule has 1 amide bonds. The Morgan fingerprint density at radius 1 is 1.23 bits per heavy atom. The summed E-state index contributed by atoms with van der Waals surface area (Å²) < 4.78 is 13.5. The van der Waals surface area contributed by atoms with E-state index in [0.717, 1.165) is 5.69 Å². The zero-order valence-corrected chi connectivity index (χ0v) is 15.3. The second kappa shape index (κ2) is 8.99. The van der Waals surface area contributed by atoms with Gasteiger partial charge in [0.05, 0.1) is 6.54 Å². The van der Waals surface area contributed by atoms with E-state index in [4.69, 9.17) is 5.73 Å². The second-order valence-electron chi connectivity index (χ2n) is 6.39. The van der Waals surface area contributed by atoms with Gasteiger partial charge in [0.2, 0.25) is 0 Å². The quantitative estimate of drug-likeness (QED) is 0.421. The van der Waals surface area contributed by atoms with Crippen molar-refractivity contribution < 1.29 is 9.18 Å². The molecule has 0 aliphatic carbocycles. The number of nitrogens with two attached hydrogens (primary N) is 1. The highest BCUT2D eigenvalue weighted by molar-refractivity contribution is 5.94. The molecule has 0 bridgehead atoms. The molecule has 4 N–H and O–H groups in total. The van der Waals surface area contributed by atoms with Crippen molar-refractivity contribution in [2.75, 3.05) is 18.4 Å². The van der Waals surface area contributed by atoms with Crippen LogP contribution in [0.25, 0.3) is 0 Å². The lowest BCUT2D eigenvalue weighted by Crippen LogP contribution is -2.28. The lowest BCUT2D eigenvalue weighted by molar-refractivity contribution is 0.0954. The summed E-state index contributed by atoms with van der Waals surface area (Å²) in [6.07, 6.45) is 0. The Balaban J connectivity index is 1.83. The number of halogens is 1. The number of anilines is 1. The summed E-state index contributed by atoms with van der Waals surface area (Å²) in [6, 6.07) is 12.4. The van der Waals surface area contributed by atoms with Gasteiger partial charge in [0.15, 0.2) is 5.96 Å². The van der Waals surface area contributed by atoms with Crippen LogP contribution in [0.1, 0.15) is 41.3 Å². The van der Waals surface area contributed by atoms with E-state index < -0.39 is 5.82 Å². The molecule has 0 atom stereocenters. The van der Waals surface area contributed by atoms with Crippen LogP contribution in [0.3, 0.4) is 0 Å². The largest absolute Gasteiger partial charge is 0.370 e. The SMILES string of the molecule is Cc1ccc(C(=O)NCCN=C(N)Nc2cccc(C(C)C)c2)cc1F. The molecule has 0 radical (unpaired) electrons. The minimum Gasteiger partial charge on any atom is -0.370 e. The standard InChI is InChI=1S/C20H25FN4O/c1-13(2)15-5-4-6-17(11-15)25-20(22)24-10-9-23-19(26)16-8-7-14(3)18(21)12-16/h4-8,11-13H,9-10H2,1-3H3,(H,23,26)(H3,22,24,25). The molecule has 0 spiro atoms. The Morgan fingerprint density at radius 2 is 2.00 bits per heavy atom. The van der Waals surface area contributed by atoms with Crippen molar-refractivity contribution in [1.82, 2.24) is 5.32 Å². The van der Waals surface area contributed by atoms with Gasteiger partial charge in [-0.1, -0.05) is 32.0 Å². The number of guanidine groups is 1. The second-order valence-corrected chi connectivity index (χ2v) is 6.39. The average Bonchev–Trinajstić information content (AvgIpc) is 2.61. The van der Waals surface area contributed by atoms with Crippen molar-refractivity contribution in [3.8, 4) is 0 Å². The van der Waals surface area contributed by atoms with Gasteiger partial charge in [0.1, 0.15) is 5.82 Å². The molecule has 0 fully saturated rings. The normalized spacial score (nSPS) is 11.5. The first kappa shape index (κ1) is 19.4. The van der Waals surface area contributed by atoms with E-state index in [1.54, 1.807) is 19.1 Å². The molecular formula is C20H25FN4O. The molecule has 5 nitrogen and oxygen atoms in total. The molecule has 0 saturated heterocycles. The Bertz CT molecular complexity index is 802. The number of aryl methyl sites for hydroxylation is 1. The first-order valence-electron chi connectivity index (χ1n) is 8.58. The molecule has 0 aliphatic heterocycles. The van der Waals surface area contributed by atoms with Gasteiger partial charge in [-0.15, -0.1) is 0 Å². The van der Waals surface area contributed by atoms with Gasteiger partial charge in [-0.2, -0.15) is 0 Å². The monoisotopic (exact) mass is 356 g/mol. The Hall–Kier alpha value is -2.89. The van der Waals surface area contributed by atoms with Crippen LogP contribution in [0.15, 0.2) is 47.5 Å². The van der Waals surface area contributed by atoms with Crippen molar-refractivity contribution in [3.63, 3.8) is 0 Å². The first-order chi connectivity index (χ1) is 12.4. The average molecular weight is 356 g/mol. The summed E-state index contributed by atoms with van der Waals surface area (Å²) in [6.45, 7) is 6.53. The number of carbonyl (C=O) groups excluding carboxylic acids is 1. The zero-order valence-electron chi connectivity index (χ0n) is 15.3. The van der Waals surface area contributed by atoms with Crippen molar-refractivity contribution in [2.45, 2.75) is 26.7 Å². The molecular weight excluding hydrogens is 331 g/mol. The highest BCUT2D eigenvalue weighted by Gasteiger charge is 2.07. The fourth-order valence-corrected chi connectivity index (χ4v) is 2.34. The van der Waals surface area contributed by atoms with Crippen molar-refractivity contribution >= 4 is 17.6 Å². The van der Waals surface area contributed by atoms with Crippen LogP contribution in [0.5, 0.6) is 0 Å². The molecule has 2 aromatic rings. The number of hydrogen-bond acceptors (Lipinski definition) is 2. The van der Waals surface area contributed by atoms with Crippen molar-refractivity contribution in [1.29, 1.82) is 0 Å². The summed E-state index contributed by atoms with van der Waals surface area (Å²) >= 11 is 0. The molecule has 0 aromatic heterocycles. The van der Waals surface area contributed by atoms with E-state index in [1.165, 1.54) is 11.6 Å². The molecule has 0 saturated carbocycles. The number of nitrogens with one attached hydrogen (secondary N) is 2. The van der Waals surface area contributed by atoms with Crippen molar-refractivity contribution in [2.24, 2.45) is 10.7 Å². The van der Waals surface area contributed by atoms with E-state index in [1.807, 2.05) is 18.2 Å². The third kappa shape index (κ3) is 5.58. The van der Waals surface area contributed by atoms with E-state index >= 15 is 0 Å². The van der Waals surface area contributed by atoms with E-state index in [2.05, 4.69) is 35.5 Å². The summed E-state index contributed by atoms with van der Waals surface area (Å²) in [4.78, 5) is 16.2. The maximum atomic E-state index is 13.5. The summed E-state index contributed by atoms with van der Waals surface area (Å²) in [7, 11) is 0. The first-order valence-corrected chi connectivity index (χ1v) is 8.58. The molecule has 2 rings (SSSR count). The van der Waals surface area contributed by atoms with Gasteiger partial charge < -0.3 is 16.4 Å². The molecule has 0 heterocycles. The molecule has 2 aromatic carbocycles. The number of hydrogen-bond donors (Lipinski definition) is 3. The van der Waals surface area contributed by atoms with E-state index in [0.29, 0.717) is 24.6 Å². The Labute approximate surface area is 153 Å². The van der Waals surface area contributed by atoms with Gasteiger partial charge >= 0.3 is 0 Å². The number of amides is 1. The maximum Gasteiger partial charge on any atom is 0.251 e. The maximum absolute atomic E-state index is 13.5.